The Hall–Kier alpha value is -2.87. The van der Waals surface area contributed by atoms with Crippen LogP contribution in [0, 0.1) is 6.92 Å². The van der Waals surface area contributed by atoms with Gasteiger partial charge in [-0.25, -0.2) is 0 Å². The van der Waals surface area contributed by atoms with E-state index in [1.807, 2.05) is 39.0 Å². The van der Waals surface area contributed by atoms with Gasteiger partial charge in [-0.1, -0.05) is 31.1 Å². The Morgan fingerprint density at radius 1 is 1.17 bits per heavy atom. The summed E-state index contributed by atoms with van der Waals surface area (Å²) < 4.78 is 16.7. The second kappa shape index (κ2) is 8.65. The number of carbonyl (C=O) groups excluding carboxylic acids is 1. The molecule has 3 aromatic rings. The van der Waals surface area contributed by atoms with Crippen LogP contribution in [0.15, 0.2) is 39.3 Å². The molecule has 3 rings (SSSR count). The number of carbonyl (C=O) groups is 1. The minimum absolute atomic E-state index is 0.137. The highest BCUT2D eigenvalue weighted by Crippen LogP contribution is 2.36. The Morgan fingerprint density at radius 3 is 2.38 bits per heavy atom. The minimum atomic E-state index is -0.312. The van der Waals surface area contributed by atoms with Gasteiger partial charge in [0.05, 0.1) is 25.5 Å². The summed E-state index contributed by atoms with van der Waals surface area (Å²) in [7, 11) is 3.06. The van der Waals surface area contributed by atoms with Crippen molar-refractivity contribution in [3.05, 3.63) is 51.8 Å². The fraction of sp³-hybridized carbons (Fsp3) is 0.286. The van der Waals surface area contributed by atoms with Gasteiger partial charge >= 0.3 is 0 Å². The van der Waals surface area contributed by atoms with Crippen LogP contribution < -0.4 is 14.8 Å². The third kappa shape index (κ3) is 4.27. The first-order valence-corrected chi connectivity index (χ1v) is 9.81. The topological polar surface area (TPSA) is 86.5 Å². The fourth-order valence-corrected chi connectivity index (χ4v) is 3.33. The molecule has 7 nitrogen and oxygen atoms in total. The molecular formula is C21H22BrN3O4. The first-order valence-electron chi connectivity index (χ1n) is 9.02. The molecule has 0 spiro atoms. The molecule has 1 N–H and O–H groups in total. The summed E-state index contributed by atoms with van der Waals surface area (Å²) in [5.74, 6) is 1.79. The van der Waals surface area contributed by atoms with Crippen LogP contribution in [-0.2, 0) is 0 Å². The number of nitrogens with zero attached hydrogens (tertiary/aromatic N) is 2. The van der Waals surface area contributed by atoms with Crippen LogP contribution in [0.5, 0.6) is 11.5 Å². The van der Waals surface area contributed by atoms with Gasteiger partial charge in [-0.2, -0.15) is 4.98 Å². The molecule has 1 heterocycles. The first kappa shape index (κ1) is 20.9. The molecule has 0 saturated carbocycles. The number of aryl methyl sites for hydroxylation is 1. The number of halogens is 1. The molecule has 152 valence electrons. The first-order chi connectivity index (χ1) is 13.8. The summed E-state index contributed by atoms with van der Waals surface area (Å²) in [6.07, 6.45) is 0. The number of ether oxygens (including phenoxy) is 2. The van der Waals surface area contributed by atoms with Crippen LogP contribution in [0.25, 0.3) is 11.5 Å². The second-order valence-corrected chi connectivity index (χ2v) is 7.55. The van der Waals surface area contributed by atoms with Crippen molar-refractivity contribution in [2.24, 2.45) is 0 Å². The molecule has 0 aliphatic rings. The number of methoxy groups -OCH3 is 2. The van der Waals surface area contributed by atoms with E-state index < -0.39 is 0 Å². The lowest BCUT2D eigenvalue weighted by Gasteiger charge is -2.14. The van der Waals surface area contributed by atoms with Crippen molar-refractivity contribution in [2.75, 3.05) is 19.5 Å². The Bertz CT molecular complexity index is 1020. The van der Waals surface area contributed by atoms with Crippen molar-refractivity contribution in [1.29, 1.82) is 0 Å². The van der Waals surface area contributed by atoms with Crippen molar-refractivity contribution in [2.45, 2.75) is 26.7 Å². The predicted octanol–water partition coefficient (Wildman–Crippen LogP) is 5.20. The number of hydrogen-bond acceptors (Lipinski definition) is 6. The van der Waals surface area contributed by atoms with Crippen LogP contribution in [0.1, 0.15) is 41.5 Å². The highest BCUT2D eigenvalue weighted by atomic mass is 79.9. The van der Waals surface area contributed by atoms with Gasteiger partial charge in [0.15, 0.2) is 5.82 Å². The number of aromatic nitrogens is 2. The van der Waals surface area contributed by atoms with Gasteiger partial charge in [0.1, 0.15) is 16.0 Å². The van der Waals surface area contributed by atoms with Gasteiger partial charge in [-0.3, -0.25) is 4.79 Å². The number of benzene rings is 2. The third-order valence-corrected chi connectivity index (χ3v) is 5.19. The quantitative estimate of drug-likeness (QED) is 0.544. The molecule has 0 bridgehead atoms. The van der Waals surface area contributed by atoms with Crippen molar-refractivity contribution in [1.82, 2.24) is 10.1 Å². The summed E-state index contributed by atoms with van der Waals surface area (Å²) >= 11 is 3.41. The van der Waals surface area contributed by atoms with Gasteiger partial charge in [0, 0.05) is 11.5 Å². The Kier molecular flexibility index (Phi) is 6.22. The van der Waals surface area contributed by atoms with E-state index >= 15 is 0 Å². The number of rotatable bonds is 6. The molecule has 0 unspecified atom stereocenters. The maximum absolute atomic E-state index is 13.0. The fourth-order valence-electron chi connectivity index (χ4n) is 2.78. The molecule has 0 fully saturated rings. The summed E-state index contributed by atoms with van der Waals surface area (Å²) in [5.41, 5.74) is 2.53. The van der Waals surface area contributed by atoms with E-state index in [2.05, 4.69) is 31.4 Å². The largest absolute Gasteiger partial charge is 0.495 e. The van der Waals surface area contributed by atoms with Crippen LogP contribution in [0.4, 0.5) is 5.69 Å². The van der Waals surface area contributed by atoms with Crippen LogP contribution in [0.2, 0.25) is 0 Å². The zero-order valence-electron chi connectivity index (χ0n) is 16.9. The molecule has 0 atom stereocenters. The molecular weight excluding hydrogens is 438 g/mol. The SMILES string of the molecule is COc1cc(C(=O)Nc2c(C)cccc2-c2nc(C(C)C)no2)cc(OC)c1Br. The van der Waals surface area contributed by atoms with Crippen LogP contribution >= 0.6 is 15.9 Å². The smallest absolute Gasteiger partial charge is 0.260 e. The van der Waals surface area contributed by atoms with Crippen molar-refractivity contribution >= 4 is 27.5 Å². The molecule has 1 amide bonds. The van der Waals surface area contributed by atoms with Crippen LogP contribution in [0.3, 0.4) is 0 Å². The maximum Gasteiger partial charge on any atom is 0.260 e. The summed E-state index contributed by atoms with van der Waals surface area (Å²) in [4.78, 5) is 17.5. The Labute approximate surface area is 177 Å². The molecule has 29 heavy (non-hydrogen) atoms. The second-order valence-electron chi connectivity index (χ2n) is 6.76. The van der Waals surface area contributed by atoms with E-state index in [0.29, 0.717) is 44.5 Å². The predicted molar refractivity (Wildman–Crippen MR) is 114 cm³/mol. The van der Waals surface area contributed by atoms with Crippen molar-refractivity contribution in [3.63, 3.8) is 0 Å². The normalized spacial score (nSPS) is 10.9. The lowest BCUT2D eigenvalue weighted by Crippen LogP contribution is -2.14. The zero-order chi connectivity index (χ0) is 21.1. The summed E-state index contributed by atoms with van der Waals surface area (Å²) in [6.45, 7) is 5.88. The molecule has 0 aliphatic carbocycles. The number of amides is 1. The highest BCUT2D eigenvalue weighted by Gasteiger charge is 2.20. The molecule has 2 aromatic carbocycles. The van der Waals surface area contributed by atoms with Gasteiger partial charge in [-0.15, -0.1) is 0 Å². The number of para-hydroxylation sites is 1. The lowest BCUT2D eigenvalue weighted by atomic mass is 10.1. The maximum atomic E-state index is 13.0. The molecule has 0 aliphatic heterocycles. The van der Waals surface area contributed by atoms with Gasteiger partial charge < -0.3 is 19.3 Å². The zero-order valence-corrected chi connectivity index (χ0v) is 18.5. The minimum Gasteiger partial charge on any atom is -0.495 e. The Morgan fingerprint density at radius 2 is 1.83 bits per heavy atom. The van der Waals surface area contributed by atoms with Gasteiger partial charge in [-0.05, 0) is 46.6 Å². The molecule has 0 saturated heterocycles. The highest BCUT2D eigenvalue weighted by molar-refractivity contribution is 9.10. The summed E-state index contributed by atoms with van der Waals surface area (Å²) in [6, 6.07) is 8.91. The van der Waals surface area contributed by atoms with Crippen molar-refractivity contribution in [3.8, 4) is 23.0 Å². The lowest BCUT2D eigenvalue weighted by molar-refractivity contribution is 0.102. The third-order valence-electron chi connectivity index (χ3n) is 4.41. The monoisotopic (exact) mass is 459 g/mol. The number of hydrogen-bond donors (Lipinski definition) is 1. The number of nitrogens with one attached hydrogen (secondary N) is 1. The Balaban J connectivity index is 1.99. The number of anilines is 1. The molecule has 8 heteroatoms. The molecule has 1 aromatic heterocycles. The van der Waals surface area contributed by atoms with E-state index in [-0.39, 0.29) is 11.8 Å². The summed E-state index contributed by atoms with van der Waals surface area (Å²) in [5, 5.41) is 6.98. The van der Waals surface area contributed by atoms with E-state index in [0.717, 1.165) is 5.56 Å². The molecule has 0 radical (unpaired) electrons. The van der Waals surface area contributed by atoms with Crippen LogP contribution in [-0.4, -0.2) is 30.3 Å². The van der Waals surface area contributed by atoms with E-state index in [4.69, 9.17) is 14.0 Å². The van der Waals surface area contributed by atoms with Crippen molar-refractivity contribution < 1.29 is 18.8 Å². The van der Waals surface area contributed by atoms with E-state index in [1.54, 1.807) is 12.1 Å². The average molecular weight is 460 g/mol. The van der Waals surface area contributed by atoms with Gasteiger partial charge in [0.25, 0.3) is 11.8 Å². The van der Waals surface area contributed by atoms with E-state index in [9.17, 15) is 4.79 Å². The van der Waals surface area contributed by atoms with E-state index in [1.165, 1.54) is 14.2 Å². The standard InChI is InChI=1S/C21H22BrN3O4/c1-11(2)19-24-21(29-25-19)14-8-6-7-12(3)18(14)23-20(26)13-9-15(27-4)17(22)16(10-13)28-5/h6-11H,1-5H3,(H,23,26). The van der Waals surface area contributed by atoms with Gasteiger partial charge in [0.2, 0.25) is 0 Å². The average Bonchev–Trinajstić information content (AvgIpc) is 3.20.